The number of hydrogen-bond acceptors (Lipinski definition) is 4. The van der Waals surface area contributed by atoms with Crippen molar-refractivity contribution >= 4 is 35.5 Å². The summed E-state index contributed by atoms with van der Waals surface area (Å²) >= 11 is 7.20. The molecule has 4 nitrogen and oxygen atoms in total. The summed E-state index contributed by atoms with van der Waals surface area (Å²) in [5.74, 6) is 0.273. The minimum absolute atomic E-state index is 0.190. The van der Waals surface area contributed by atoms with Crippen molar-refractivity contribution in [3.05, 3.63) is 59.1 Å². The van der Waals surface area contributed by atoms with Gasteiger partial charge in [0.1, 0.15) is 5.75 Å². The van der Waals surface area contributed by atoms with Crippen molar-refractivity contribution in [2.45, 2.75) is 4.90 Å². The molecule has 2 rings (SSSR count). The number of nitrogens with zero attached hydrogens (tertiary/aromatic N) is 1. The molecule has 0 aliphatic heterocycles. The van der Waals surface area contributed by atoms with Gasteiger partial charge in [0.15, 0.2) is 0 Å². The van der Waals surface area contributed by atoms with Crippen molar-refractivity contribution in [3.63, 3.8) is 0 Å². The lowest BCUT2D eigenvalue weighted by atomic mass is 10.2. The Morgan fingerprint density at radius 1 is 1.19 bits per heavy atom. The van der Waals surface area contributed by atoms with Gasteiger partial charge in [-0.15, -0.1) is 11.8 Å². The van der Waals surface area contributed by atoms with Crippen LogP contribution in [0, 0.1) is 0 Å². The average molecular weight is 321 g/mol. The van der Waals surface area contributed by atoms with Crippen LogP contribution in [-0.2, 0) is 4.79 Å². The van der Waals surface area contributed by atoms with Gasteiger partial charge in [-0.1, -0.05) is 11.6 Å². The Labute approximate surface area is 131 Å². The third kappa shape index (κ3) is 5.49. The van der Waals surface area contributed by atoms with Crippen molar-refractivity contribution in [2.75, 3.05) is 5.75 Å². The normalized spacial score (nSPS) is 10.7. The van der Waals surface area contributed by atoms with E-state index in [0.717, 1.165) is 10.5 Å². The van der Waals surface area contributed by atoms with Crippen LogP contribution >= 0.6 is 23.4 Å². The van der Waals surface area contributed by atoms with Gasteiger partial charge in [-0.2, -0.15) is 5.10 Å². The maximum absolute atomic E-state index is 11.6. The molecule has 1 amide bonds. The highest BCUT2D eigenvalue weighted by Gasteiger charge is 2.01. The lowest BCUT2D eigenvalue weighted by Gasteiger charge is -2.01. The monoisotopic (exact) mass is 320 g/mol. The lowest BCUT2D eigenvalue weighted by Crippen LogP contribution is -2.19. The molecule has 0 radical (unpaired) electrons. The Morgan fingerprint density at radius 2 is 1.86 bits per heavy atom. The summed E-state index contributed by atoms with van der Waals surface area (Å²) in [5, 5.41) is 13.7. The van der Waals surface area contributed by atoms with E-state index < -0.39 is 0 Å². The number of thioether (sulfide) groups is 1. The molecule has 6 heteroatoms. The fourth-order valence-electron chi connectivity index (χ4n) is 1.45. The van der Waals surface area contributed by atoms with Crippen LogP contribution in [0.4, 0.5) is 0 Å². The number of hydrogen-bond donors (Lipinski definition) is 2. The highest BCUT2D eigenvalue weighted by molar-refractivity contribution is 8.00. The number of hydrazone groups is 1. The summed E-state index contributed by atoms with van der Waals surface area (Å²) in [6.07, 6.45) is 1.52. The van der Waals surface area contributed by atoms with Gasteiger partial charge in [-0.05, 0) is 54.1 Å². The molecule has 0 saturated heterocycles. The number of phenols is 1. The first-order valence-corrected chi connectivity index (χ1v) is 7.49. The van der Waals surface area contributed by atoms with Crippen molar-refractivity contribution in [2.24, 2.45) is 5.10 Å². The van der Waals surface area contributed by atoms with Crippen LogP contribution in [0.5, 0.6) is 5.75 Å². The third-order valence-electron chi connectivity index (χ3n) is 2.48. The summed E-state index contributed by atoms with van der Waals surface area (Å²) in [6, 6.07) is 13.8. The number of amides is 1. The molecular formula is C15H13ClN2O2S. The van der Waals surface area contributed by atoms with Crippen LogP contribution in [-0.4, -0.2) is 23.0 Å². The quantitative estimate of drug-likeness (QED) is 0.505. The molecule has 0 aliphatic rings. The van der Waals surface area contributed by atoms with Crippen molar-refractivity contribution in [3.8, 4) is 5.75 Å². The zero-order valence-corrected chi connectivity index (χ0v) is 12.6. The number of halogens is 1. The molecule has 2 aromatic rings. The van der Waals surface area contributed by atoms with E-state index in [1.54, 1.807) is 36.4 Å². The van der Waals surface area contributed by atoms with Gasteiger partial charge in [-0.3, -0.25) is 4.79 Å². The first kappa shape index (κ1) is 15.4. The first-order valence-electron chi connectivity index (χ1n) is 6.13. The zero-order valence-electron chi connectivity index (χ0n) is 11.0. The Morgan fingerprint density at radius 3 is 2.52 bits per heavy atom. The van der Waals surface area contributed by atoms with Gasteiger partial charge in [0, 0.05) is 9.92 Å². The predicted octanol–water partition coefficient (Wildman–Crippen LogP) is 3.29. The minimum atomic E-state index is -0.190. The Balaban J connectivity index is 1.77. The van der Waals surface area contributed by atoms with E-state index >= 15 is 0 Å². The number of carbonyl (C=O) groups is 1. The van der Waals surface area contributed by atoms with Gasteiger partial charge in [0.2, 0.25) is 5.91 Å². The Kier molecular flexibility index (Phi) is 5.66. The number of carbonyl (C=O) groups excluding carboxylic acids is 1. The van der Waals surface area contributed by atoms with E-state index in [1.807, 2.05) is 12.1 Å². The maximum atomic E-state index is 11.6. The third-order valence-corrected chi connectivity index (χ3v) is 3.74. The number of aromatic hydroxyl groups is 1. The molecule has 2 aromatic carbocycles. The van der Waals surface area contributed by atoms with Crippen molar-refractivity contribution < 1.29 is 9.90 Å². The van der Waals surface area contributed by atoms with Crippen LogP contribution < -0.4 is 5.43 Å². The molecule has 0 heterocycles. The SMILES string of the molecule is O=C(CSc1ccc(Cl)cc1)NN=Cc1ccc(O)cc1. The summed E-state index contributed by atoms with van der Waals surface area (Å²) in [5.41, 5.74) is 3.24. The summed E-state index contributed by atoms with van der Waals surface area (Å²) in [6.45, 7) is 0. The zero-order chi connectivity index (χ0) is 15.1. The van der Waals surface area contributed by atoms with Crippen molar-refractivity contribution in [1.29, 1.82) is 0 Å². The highest BCUT2D eigenvalue weighted by atomic mass is 35.5. The fourth-order valence-corrected chi connectivity index (χ4v) is 2.27. The molecule has 108 valence electrons. The van der Waals surface area contributed by atoms with Crippen LogP contribution in [0.2, 0.25) is 5.02 Å². The van der Waals surface area contributed by atoms with Gasteiger partial charge in [-0.25, -0.2) is 5.43 Å². The van der Waals surface area contributed by atoms with Crippen LogP contribution in [0.3, 0.4) is 0 Å². The standard InChI is InChI=1S/C15H13ClN2O2S/c16-12-3-7-14(8-4-12)21-10-15(20)18-17-9-11-1-5-13(19)6-2-11/h1-9,19H,10H2,(H,18,20). The van der Waals surface area contributed by atoms with Gasteiger partial charge in [0.25, 0.3) is 0 Å². The summed E-state index contributed by atoms with van der Waals surface area (Å²) < 4.78 is 0. The van der Waals surface area contributed by atoms with E-state index in [-0.39, 0.29) is 17.4 Å². The first-order chi connectivity index (χ1) is 10.1. The molecule has 0 spiro atoms. The molecule has 0 fully saturated rings. The molecule has 0 aliphatic carbocycles. The second kappa shape index (κ2) is 7.71. The molecule has 0 aromatic heterocycles. The minimum Gasteiger partial charge on any atom is -0.508 e. The van der Waals surface area contributed by atoms with E-state index in [2.05, 4.69) is 10.5 Å². The Hall–Kier alpha value is -1.98. The van der Waals surface area contributed by atoms with E-state index in [1.165, 1.54) is 18.0 Å². The number of benzene rings is 2. The van der Waals surface area contributed by atoms with Crippen LogP contribution in [0.25, 0.3) is 0 Å². The second-order valence-corrected chi connectivity index (χ2v) is 5.61. The molecule has 0 atom stereocenters. The van der Waals surface area contributed by atoms with E-state index in [9.17, 15) is 4.79 Å². The average Bonchev–Trinajstić information content (AvgIpc) is 2.49. The number of rotatable bonds is 5. The van der Waals surface area contributed by atoms with Gasteiger partial charge >= 0.3 is 0 Å². The van der Waals surface area contributed by atoms with E-state index in [4.69, 9.17) is 16.7 Å². The predicted molar refractivity (Wildman–Crippen MR) is 86.0 cm³/mol. The Bertz CT molecular complexity index is 627. The maximum Gasteiger partial charge on any atom is 0.250 e. The highest BCUT2D eigenvalue weighted by Crippen LogP contribution is 2.19. The van der Waals surface area contributed by atoms with Gasteiger partial charge < -0.3 is 5.11 Å². The van der Waals surface area contributed by atoms with E-state index in [0.29, 0.717) is 5.02 Å². The topological polar surface area (TPSA) is 61.7 Å². The van der Waals surface area contributed by atoms with Crippen LogP contribution in [0.1, 0.15) is 5.56 Å². The van der Waals surface area contributed by atoms with Crippen molar-refractivity contribution in [1.82, 2.24) is 5.43 Å². The molecule has 2 N–H and O–H groups in total. The second-order valence-electron chi connectivity index (χ2n) is 4.13. The summed E-state index contributed by atoms with van der Waals surface area (Å²) in [7, 11) is 0. The molecule has 0 bridgehead atoms. The van der Waals surface area contributed by atoms with Gasteiger partial charge in [0.05, 0.1) is 12.0 Å². The smallest absolute Gasteiger partial charge is 0.250 e. The lowest BCUT2D eigenvalue weighted by molar-refractivity contribution is -0.118. The largest absolute Gasteiger partial charge is 0.508 e. The molecular weight excluding hydrogens is 308 g/mol. The molecule has 21 heavy (non-hydrogen) atoms. The number of phenolic OH excluding ortho intramolecular Hbond substituents is 1. The molecule has 0 saturated carbocycles. The summed E-state index contributed by atoms with van der Waals surface area (Å²) in [4.78, 5) is 12.6. The van der Waals surface area contributed by atoms with Crippen LogP contribution in [0.15, 0.2) is 58.5 Å². The fraction of sp³-hybridized carbons (Fsp3) is 0.0667. The molecule has 0 unspecified atom stereocenters. The number of nitrogens with one attached hydrogen (secondary N) is 1.